The van der Waals surface area contributed by atoms with Crippen molar-refractivity contribution < 1.29 is 4.74 Å². The number of hydrogen-bond acceptors (Lipinski definition) is 6. The van der Waals surface area contributed by atoms with Crippen molar-refractivity contribution in [2.45, 2.75) is 37.2 Å². The van der Waals surface area contributed by atoms with Crippen LogP contribution < -0.4 is 15.5 Å². The van der Waals surface area contributed by atoms with Crippen LogP contribution in [0.4, 0.5) is 5.69 Å². The number of piperidine rings is 1. The Hall–Kier alpha value is -4.46. The van der Waals surface area contributed by atoms with Crippen LogP contribution in [-0.4, -0.2) is 25.7 Å². The zero-order valence-electron chi connectivity index (χ0n) is 23.4. The van der Waals surface area contributed by atoms with E-state index in [0.29, 0.717) is 35.7 Å². The summed E-state index contributed by atoms with van der Waals surface area (Å²) in [5.41, 5.74) is 7.87. The molecule has 3 heterocycles. The number of rotatable bonds is 5. The van der Waals surface area contributed by atoms with Crippen LogP contribution in [0.15, 0.2) is 97.1 Å². The molecule has 3 aliphatic rings. The summed E-state index contributed by atoms with van der Waals surface area (Å²) in [6.45, 7) is 2.72. The minimum absolute atomic E-state index is 0.0608. The van der Waals surface area contributed by atoms with Crippen LogP contribution in [0.2, 0.25) is 0 Å². The Morgan fingerprint density at radius 3 is 2.24 bits per heavy atom. The summed E-state index contributed by atoms with van der Waals surface area (Å²) in [5.74, 6) is 0.552. The average Bonchev–Trinajstić information content (AvgIpc) is 3.73. The Kier molecular flexibility index (Phi) is 7.20. The lowest BCUT2D eigenvalue weighted by Crippen LogP contribution is -2.45. The van der Waals surface area contributed by atoms with Gasteiger partial charge in [0.15, 0.2) is 0 Å². The number of nitriles is 2. The molecule has 208 valence electrons. The molecular weight excluding hydrogens is 518 g/mol. The lowest BCUT2D eigenvalue weighted by Gasteiger charge is -2.39. The second-order valence-corrected chi connectivity index (χ2v) is 11.5. The second-order valence-electron chi connectivity index (χ2n) is 11.5. The molecule has 3 aliphatic heterocycles. The molecule has 3 fully saturated rings. The minimum Gasteiger partial charge on any atom is -0.368 e. The number of nitrogens with zero attached hydrogens (tertiary/aromatic N) is 3. The van der Waals surface area contributed by atoms with Gasteiger partial charge < -0.3 is 15.0 Å². The summed E-state index contributed by atoms with van der Waals surface area (Å²) in [5, 5.41) is 26.1. The maximum atomic E-state index is 9.41. The topological polar surface area (TPSA) is 84.1 Å². The average molecular weight is 552 g/mol. The van der Waals surface area contributed by atoms with Crippen molar-refractivity contribution in [3.05, 3.63) is 125 Å². The van der Waals surface area contributed by atoms with Gasteiger partial charge in [-0.15, -0.1) is 0 Å². The summed E-state index contributed by atoms with van der Waals surface area (Å²) in [7, 11) is 0. The Morgan fingerprint density at radius 1 is 0.738 bits per heavy atom. The van der Waals surface area contributed by atoms with Crippen LogP contribution in [0.25, 0.3) is 11.1 Å². The fourth-order valence-corrected chi connectivity index (χ4v) is 7.04. The lowest BCUT2D eigenvalue weighted by molar-refractivity contribution is 0.101. The van der Waals surface area contributed by atoms with E-state index in [2.05, 4.69) is 100 Å². The van der Waals surface area contributed by atoms with Gasteiger partial charge in [0.25, 0.3) is 0 Å². The van der Waals surface area contributed by atoms with Gasteiger partial charge >= 0.3 is 0 Å². The Balaban J connectivity index is 1.03. The van der Waals surface area contributed by atoms with E-state index in [9.17, 15) is 10.5 Å². The molecule has 6 heteroatoms. The molecule has 0 spiro atoms. The van der Waals surface area contributed by atoms with E-state index in [1.54, 1.807) is 12.1 Å². The number of fused-ring (bicyclic) bond motifs is 1. The van der Waals surface area contributed by atoms with E-state index < -0.39 is 0 Å². The van der Waals surface area contributed by atoms with E-state index in [0.717, 1.165) is 42.6 Å². The lowest BCUT2D eigenvalue weighted by atomic mass is 9.82. The van der Waals surface area contributed by atoms with Crippen molar-refractivity contribution in [3.63, 3.8) is 0 Å². The Labute approximate surface area is 247 Å². The largest absolute Gasteiger partial charge is 0.368 e. The number of benzene rings is 4. The van der Waals surface area contributed by atoms with Crippen LogP contribution in [0.5, 0.6) is 0 Å². The molecule has 0 radical (unpaired) electrons. The zero-order chi connectivity index (χ0) is 28.5. The standard InChI is InChI=1S/C36H33N5O/c37-21-29-11-10-28(20-30(29)22-38)24-12-14-31(15-13-24)41-19-17-32-34(41)16-18-39-35(32)26-8-6-25(7-9-26)33-23-42-36(40-33)27-4-2-1-3-5-27/h1-15,20,32-36,39-40H,16-19,23H2. The van der Waals surface area contributed by atoms with Crippen molar-refractivity contribution in [3.8, 4) is 23.3 Å². The maximum Gasteiger partial charge on any atom is 0.134 e. The summed E-state index contributed by atoms with van der Waals surface area (Å²) in [6.07, 6.45) is 2.23. The number of hydrogen-bond donors (Lipinski definition) is 2. The van der Waals surface area contributed by atoms with Gasteiger partial charge in [0.2, 0.25) is 0 Å². The number of ether oxygens (including phenoxy) is 1. The monoisotopic (exact) mass is 551 g/mol. The van der Waals surface area contributed by atoms with E-state index in [1.807, 2.05) is 12.1 Å². The van der Waals surface area contributed by atoms with Crippen LogP contribution in [0.3, 0.4) is 0 Å². The third-order valence-electron chi connectivity index (χ3n) is 9.21. The molecule has 6 nitrogen and oxygen atoms in total. The van der Waals surface area contributed by atoms with Gasteiger partial charge in [-0.3, -0.25) is 5.32 Å². The number of nitrogens with one attached hydrogen (secondary N) is 2. The molecule has 0 bridgehead atoms. The molecule has 0 saturated carbocycles. The first kappa shape index (κ1) is 26.4. The zero-order valence-corrected chi connectivity index (χ0v) is 23.4. The van der Waals surface area contributed by atoms with E-state index in [4.69, 9.17) is 4.74 Å². The van der Waals surface area contributed by atoms with Crippen molar-refractivity contribution in [2.24, 2.45) is 5.92 Å². The van der Waals surface area contributed by atoms with Crippen LogP contribution in [0, 0.1) is 28.6 Å². The minimum atomic E-state index is -0.0608. The molecule has 4 aromatic carbocycles. The fraction of sp³-hybridized carbons (Fsp3) is 0.278. The molecule has 2 N–H and O–H groups in total. The maximum absolute atomic E-state index is 9.41. The smallest absolute Gasteiger partial charge is 0.134 e. The first-order valence-electron chi connectivity index (χ1n) is 14.8. The molecule has 5 unspecified atom stereocenters. The van der Waals surface area contributed by atoms with Crippen LogP contribution in [-0.2, 0) is 4.74 Å². The molecular formula is C36H33N5O. The van der Waals surface area contributed by atoms with Crippen molar-refractivity contribution in [2.75, 3.05) is 24.6 Å². The third kappa shape index (κ3) is 4.95. The SMILES string of the molecule is N#Cc1ccc(-c2ccc(N3CCC4C(c5ccc(C6COC(c7ccccc7)N6)cc5)NCCC43)cc2)cc1C#N. The van der Waals surface area contributed by atoms with Gasteiger partial charge in [0.1, 0.15) is 18.4 Å². The van der Waals surface area contributed by atoms with Crippen LogP contribution in [0.1, 0.15) is 59.0 Å². The van der Waals surface area contributed by atoms with E-state index >= 15 is 0 Å². The quantitative estimate of drug-likeness (QED) is 0.299. The molecule has 7 rings (SSSR count). The Bertz CT molecular complexity index is 1640. The fourth-order valence-electron chi connectivity index (χ4n) is 7.04. The normalized spacial score (nSPS) is 25.0. The first-order chi connectivity index (χ1) is 20.7. The van der Waals surface area contributed by atoms with Crippen LogP contribution >= 0.6 is 0 Å². The number of anilines is 1. The van der Waals surface area contributed by atoms with E-state index in [-0.39, 0.29) is 12.3 Å². The molecule has 0 aliphatic carbocycles. The summed E-state index contributed by atoms with van der Waals surface area (Å²) in [4.78, 5) is 2.58. The van der Waals surface area contributed by atoms with E-state index in [1.165, 1.54) is 16.8 Å². The highest BCUT2D eigenvalue weighted by Gasteiger charge is 2.42. The van der Waals surface area contributed by atoms with Gasteiger partial charge in [0, 0.05) is 30.2 Å². The van der Waals surface area contributed by atoms with Gasteiger partial charge in [-0.1, -0.05) is 72.8 Å². The summed E-state index contributed by atoms with van der Waals surface area (Å²) >= 11 is 0. The molecule has 4 aromatic rings. The predicted molar refractivity (Wildman–Crippen MR) is 163 cm³/mol. The highest BCUT2D eigenvalue weighted by molar-refractivity contribution is 5.69. The molecule has 3 saturated heterocycles. The summed E-state index contributed by atoms with van der Waals surface area (Å²) < 4.78 is 6.06. The van der Waals surface area contributed by atoms with Gasteiger partial charge in [-0.2, -0.15) is 10.5 Å². The van der Waals surface area contributed by atoms with Crippen molar-refractivity contribution in [1.82, 2.24) is 10.6 Å². The second kappa shape index (κ2) is 11.4. The molecule has 0 amide bonds. The highest BCUT2D eigenvalue weighted by atomic mass is 16.5. The third-order valence-corrected chi connectivity index (χ3v) is 9.21. The van der Waals surface area contributed by atoms with Crippen molar-refractivity contribution in [1.29, 1.82) is 10.5 Å². The Morgan fingerprint density at radius 2 is 1.48 bits per heavy atom. The van der Waals surface area contributed by atoms with Gasteiger partial charge in [0.05, 0.1) is 23.8 Å². The molecule has 0 aromatic heterocycles. The molecule has 5 atom stereocenters. The predicted octanol–water partition coefficient (Wildman–Crippen LogP) is 6.39. The highest BCUT2D eigenvalue weighted by Crippen LogP contribution is 2.42. The van der Waals surface area contributed by atoms with Gasteiger partial charge in [-0.25, -0.2) is 0 Å². The summed E-state index contributed by atoms with van der Waals surface area (Å²) in [6, 6.07) is 38.9. The molecule has 42 heavy (non-hydrogen) atoms. The van der Waals surface area contributed by atoms with Crippen molar-refractivity contribution >= 4 is 5.69 Å². The van der Waals surface area contributed by atoms with Gasteiger partial charge in [-0.05, 0) is 71.5 Å². The first-order valence-corrected chi connectivity index (χ1v) is 14.8.